The van der Waals surface area contributed by atoms with Crippen LogP contribution in [0.15, 0.2) is 0 Å². The first-order chi connectivity index (χ1) is 5.98. The second kappa shape index (κ2) is 5.61. The maximum Gasteiger partial charge on any atom is 0.0612 e. The molecule has 0 aliphatic carbocycles. The van der Waals surface area contributed by atoms with Crippen molar-refractivity contribution in [1.82, 2.24) is 4.90 Å². The van der Waals surface area contributed by atoms with Crippen LogP contribution in [0.4, 0.5) is 0 Å². The van der Waals surface area contributed by atoms with E-state index in [-0.39, 0.29) is 12.1 Å². The van der Waals surface area contributed by atoms with Gasteiger partial charge in [0.05, 0.1) is 6.61 Å². The molecule has 1 atom stereocenters. The lowest BCUT2D eigenvalue weighted by atomic mass is 9.93. The van der Waals surface area contributed by atoms with E-state index < -0.39 is 0 Å². The third-order valence-corrected chi connectivity index (χ3v) is 3.04. The Balaban J connectivity index is 4.24. The Morgan fingerprint density at radius 2 is 1.92 bits per heavy atom. The van der Waals surface area contributed by atoms with E-state index in [0.717, 1.165) is 6.42 Å². The Hall–Kier alpha value is -0.0800. The lowest BCUT2D eigenvalue weighted by molar-refractivity contribution is 0.0335. The van der Waals surface area contributed by atoms with Gasteiger partial charge < -0.3 is 5.11 Å². The van der Waals surface area contributed by atoms with Crippen LogP contribution in [0.1, 0.15) is 47.0 Å². The molecule has 1 unspecified atom stereocenters. The summed E-state index contributed by atoms with van der Waals surface area (Å²) in [6.45, 7) is 8.91. The standard InChI is InChI=1S/C11H25NO/c1-6-7-8-11(4,9-13)12(5)10(2)3/h10,13H,6-9H2,1-5H3. The zero-order valence-electron chi connectivity index (χ0n) is 9.80. The van der Waals surface area contributed by atoms with Crippen LogP contribution < -0.4 is 0 Å². The molecule has 13 heavy (non-hydrogen) atoms. The van der Waals surface area contributed by atoms with E-state index in [2.05, 4.69) is 39.6 Å². The maximum absolute atomic E-state index is 9.39. The molecular formula is C11H25NO. The number of aliphatic hydroxyl groups excluding tert-OH is 1. The fraction of sp³-hybridized carbons (Fsp3) is 1.00. The van der Waals surface area contributed by atoms with Crippen molar-refractivity contribution >= 4 is 0 Å². The summed E-state index contributed by atoms with van der Waals surface area (Å²) in [5.41, 5.74) is -0.0375. The first kappa shape index (κ1) is 12.9. The van der Waals surface area contributed by atoms with Gasteiger partial charge >= 0.3 is 0 Å². The molecule has 2 heteroatoms. The van der Waals surface area contributed by atoms with E-state index in [9.17, 15) is 5.11 Å². The highest BCUT2D eigenvalue weighted by Gasteiger charge is 2.29. The number of nitrogens with zero attached hydrogens (tertiary/aromatic N) is 1. The monoisotopic (exact) mass is 187 g/mol. The molecule has 1 N–H and O–H groups in total. The van der Waals surface area contributed by atoms with Crippen LogP contribution in [-0.4, -0.2) is 35.2 Å². The number of likely N-dealkylation sites (N-methyl/N-ethyl adjacent to an activating group) is 1. The summed E-state index contributed by atoms with van der Waals surface area (Å²) in [5, 5.41) is 9.39. The number of hydrogen-bond donors (Lipinski definition) is 1. The van der Waals surface area contributed by atoms with Crippen molar-refractivity contribution < 1.29 is 5.11 Å². The van der Waals surface area contributed by atoms with E-state index >= 15 is 0 Å². The molecule has 0 saturated carbocycles. The van der Waals surface area contributed by atoms with E-state index in [0.29, 0.717) is 6.04 Å². The van der Waals surface area contributed by atoms with Crippen molar-refractivity contribution in [1.29, 1.82) is 0 Å². The highest BCUT2D eigenvalue weighted by atomic mass is 16.3. The van der Waals surface area contributed by atoms with Crippen LogP contribution in [0.3, 0.4) is 0 Å². The molecule has 0 aromatic carbocycles. The van der Waals surface area contributed by atoms with Crippen molar-refractivity contribution in [3.63, 3.8) is 0 Å². The third-order valence-electron chi connectivity index (χ3n) is 3.04. The minimum Gasteiger partial charge on any atom is -0.394 e. The maximum atomic E-state index is 9.39. The molecule has 0 radical (unpaired) electrons. The SMILES string of the molecule is CCCCC(C)(CO)N(C)C(C)C. The highest BCUT2D eigenvalue weighted by Crippen LogP contribution is 2.22. The Morgan fingerprint density at radius 3 is 2.23 bits per heavy atom. The summed E-state index contributed by atoms with van der Waals surface area (Å²) >= 11 is 0. The highest BCUT2D eigenvalue weighted by molar-refractivity contribution is 4.85. The summed E-state index contributed by atoms with van der Waals surface area (Å²) in [6.07, 6.45) is 3.46. The molecule has 80 valence electrons. The van der Waals surface area contributed by atoms with Crippen LogP contribution in [0.2, 0.25) is 0 Å². The zero-order valence-corrected chi connectivity index (χ0v) is 9.80. The Bertz CT molecular complexity index is 136. The van der Waals surface area contributed by atoms with Gasteiger partial charge in [-0.2, -0.15) is 0 Å². The molecule has 0 amide bonds. The van der Waals surface area contributed by atoms with Gasteiger partial charge in [0.2, 0.25) is 0 Å². The van der Waals surface area contributed by atoms with Gasteiger partial charge in [-0.15, -0.1) is 0 Å². The van der Waals surface area contributed by atoms with Crippen LogP contribution >= 0.6 is 0 Å². The molecule has 0 fully saturated rings. The number of unbranched alkanes of at least 4 members (excludes halogenated alkanes) is 1. The van der Waals surface area contributed by atoms with Crippen LogP contribution in [-0.2, 0) is 0 Å². The quantitative estimate of drug-likeness (QED) is 0.689. The lowest BCUT2D eigenvalue weighted by Gasteiger charge is -2.40. The van der Waals surface area contributed by atoms with Gasteiger partial charge in [0.15, 0.2) is 0 Å². The van der Waals surface area contributed by atoms with Crippen LogP contribution in [0, 0.1) is 0 Å². The predicted octanol–water partition coefficient (Wildman–Crippen LogP) is 2.27. The fourth-order valence-electron chi connectivity index (χ4n) is 1.55. The second-order valence-corrected chi connectivity index (χ2v) is 4.46. The normalized spacial score (nSPS) is 16.6. The van der Waals surface area contributed by atoms with Gasteiger partial charge in [-0.1, -0.05) is 19.8 Å². The molecule has 0 aliphatic rings. The molecule has 0 heterocycles. The molecule has 2 nitrogen and oxygen atoms in total. The minimum atomic E-state index is -0.0375. The van der Waals surface area contributed by atoms with Gasteiger partial charge in [0.25, 0.3) is 0 Å². The summed E-state index contributed by atoms with van der Waals surface area (Å²) in [7, 11) is 2.09. The van der Waals surface area contributed by atoms with Gasteiger partial charge in [-0.3, -0.25) is 4.90 Å². The van der Waals surface area contributed by atoms with Crippen molar-refractivity contribution in [3.8, 4) is 0 Å². The molecule has 0 aromatic heterocycles. The van der Waals surface area contributed by atoms with E-state index in [1.807, 2.05) is 0 Å². The average molecular weight is 187 g/mol. The first-order valence-corrected chi connectivity index (χ1v) is 5.31. The third kappa shape index (κ3) is 3.65. The Morgan fingerprint density at radius 1 is 1.38 bits per heavy atom. The van der Waals surface area contributed by atoms with Crippen molar-refractivity contribution in [2.45, 2.75) is 58.5 Å². The van der Waals surface area contributed by atoms with Crippen molar-refractivity contribution in [2.75, 3.05) is 13.7 Å². The average Bonchev–Trinajstić information content (AvgIpc) is 2.12. The number of hydrogen-bond acceptors (Lipinski definition) is 2. The van der Waals surface area contributed by atoms with Crippen LogP contribution in [0.25, 0.3) is 0 Å². The second-order valence-electron chi connectivity index (χ2n) is 4.46. The predicted molar refractivity (Wildman–Crippen MR) is 57.9 cm³/mol. The number of rotatable bonds is 6. The molecule has 0 aromatic rings. The fourth-order valence-corrected chi connectivity index (χ4v) is 1.55. The van der Waals surface area contributed by atoms with Gasteiger partial charge in [-0.25, -0.2) is 0 Å². The van der Waals surface area contributed by atoms with Crippen molar-refractivity contribution in [2.24, 2.45) is 0 Å². The van der Waals surface area contributed by atoms with Gasteiger partial charge in [0.1, 0.15) is 0 Å². The Kier molecular flexibility index (Phi) is 5.57. The summed E-state index contributed by atoms with van der Waals surface area (Å²) < 4.78 is 0. The Labute approximate surface area is 82.9 Å². The summed E-state index contributed by atoms with van der Waals surface area (Å²) in [5.74, 6) is 0. The largest absolute Gasteiger partial charge is 0.394 e. The van der Waals surface area contributed by atoms with Gasteiger partial charge in [-0.05, 0) is 34.2 Å². The zero-order chi connectivity index (χ0) is 10.5. The van der Waals surface area contributed by atoms with Gasteiger partial charge in [0, 0.05) is 11.6 Å². The molecule has 0 rings (SSSR count). The first-order valence-electron chi connectivity index (χ1n) is 5.31. The van der Waals surface area contributed by atoms with E-state index in [1.54, 1.807) is 0 Å². The molecule has 0 saturated heterocycles. The molecular weight excluding hydrogens is 162 g/mol. The molecule has 0 spiro atoms. The topological polar surface area (TPSA) is 23.5 Å². The number of aliphatic hydroxyl groups is 1. The van der Waals surface area contributed by atoms with Crippen molar-refractivity contribution in [3.05, 3.63) is 0 Å². The van der Waals surface area contributed by atoms with Crippen LogP contribution in [0.5, 0.6) is 0 Å². The minimum absolute atomic E-state index is 0.0375. The van der Waals surface area contributed by atoms with E-state index in [1.165, 1.54) is 12.8 Å². The summed E-state index contributed by atoms with van der Waals surface area (Å²) in [6, 6.07) is 0.494. The van der Waals surface area contributed by atoms with E-state index in [4.69, 9.17) is 0 Å². The smallest absolute Gasteiger partial charge is 0.0612 e. The lowest BCUT2D eigenvalue weighted by Crippen LogP contribution is -2.50. The molecule has 0 aliphatic heterocycles. The summed E-state index contributed by atoms with van der Waals surface area (Å²) in [4.78, 5) is 2.27. The molecule has 0 bridgehead atoms.